The minimum atomic E-state index is -0.246. The lowest BCUT2D eigenvalue weighted by Gasteiger charge is -2.17. The van der Waals surface area contributed by atoms with Crippen LogP contribution in [0.4, 0.5) is 11.4 Å². The summed E-state index contributed by atoms with van der Waals surface area (Å²) in [6.07, 6.45) is 3.75. The average Bonchev–Trinajstić information content (AvgIpc) is 2.55. The molecule has 6 heteroatoms. The van der Waals surface area contributed by atoms with E-state index in [1.807, 2.05) is 52.0 Å². The number of thioether (sulfide) groups is 1. The van der Waals surface area contributed by atoms with Gasteiger partial charge in [0.1, 0.15) is 0 Å². The van der Waals surface area contributed by atoms with Gasteiger partial charge in [-0.2, -0.15) is 0 Å². The predicted octanol–water partition coefficient (Wildman–Crippen LogP) is 4.58. The van der Waals surface area contributed by atoms with Crippen LogP contribution >= 0.6 is 11.8 Å². The van der Waals surface area contributed by atoms with Gasteiger partial charge < -0.3 is 10.6 Å². The number of hydrogen-bond donors (Lipinski definition) is 2. The molecule has 0 aliphatic carbocycles. The zero-order valence-corrected chi connectivity index (χ0v) is 16.4. The smallest absolute Gasteiger partial charge is 0.237 e. The van der Waals surface area contributed by atoms with E-state index < -0.39 is 0 Å². The van der Waals surface area contributed by atoms with Gasteiger partial charge in [0.2, 0.25) is 11.8 Å². The molecule has 2 amide bonds. The van der Waals surface area contributed by atoms with Gasteiger partial charge >= 0.3 is 0 Å². The van der Waals surface area contributed by atoms with E-state index in [0.29, 0.717) is 6.42 Å². The Labute approximate surface area is 159 Å². The molecule has 26 heavy (non-hydrogen) atoms. The van der Waals surface area contributed by atoms with Crippen molar-refractivity contribution in [3.63, 3.8) is 0 Å². The maximum atomic E-state index is 12.3. The number of hydrogen-bond acceptors (Lipinski definition) is 4. The standard InChI is InChI=1S/C20H25N3O2S/c1-14(19(25)23-16-9-11-21-12-10-16)26-17-7-5-15(6-8-17)22-18(24)13-20(2,3)4/h5-12,14H,13H2,1-4H3,(H,22,24)(H,21,23,25). The fourth-order valence-corrected chi connectivity index (χ4v) is 3.11. The first-order valence-electron chi connectivity index (χ1n) is 8.50. The largest absolute Gasteiger partial charge is 0.326 e. The molecule has 1 heterocycles. The number of carbonyl (C=O) groups is 2. The van der Waals surface area contributed by atoms with Gasteiger partial charge in [-0.25, -0.2) is 0 Å². The van der Waals surface area contributed by atoms with Gasteiger partial charge in [-0.15, -0.1) is 11.8 Å². The molecule has 0 spiro atoms. The van der Waals surface area contributed by atoms with Crippen molar-refractivity contribution >= 4 is 35.0 Å². The fraction of sp³-hybridized carbons (Fsp3) is 0.350. The Balaban J connectivity index is 1.88. The molecule has 1 unspecified atom stereocenters. The second-order valence-electron chi connectivity index (χ2n) is 7.30. The van der Waals surface area contributed by atoms with Crippen molar-refractivity contribution in [3.05, 3.63) is 48.8 Å². The van der Waals surface area contributed by atoms with Crippen LogP contribution < -0.4 is 10.6 Å². The first-order valence-corrected chi connectivity index (χ1v) is 9.38. The summed E-state index contributed by atoms with van der Waals surface area (Å²) in [5, 5.41) is 5.52. The van der Waals surface area contributed by atoms with Crippen molar-refractivity contribution in [2.24, 2.45) is 5.41 Å². The Kier molecular flexibility index (Phi) is 6.80. The zero-order valence-electron chi connectivity index (χ0n) is 15.6. The van der Waals surface area contributed by atoms with Gasteiger partial charge in [0.25, 0.3) is 0 Å². The van der Waals surface area contributed by atoms with Gasteiger partial charge in [-0.1, -0.05) is 20.8 Å². The van der Waals surface area contributed by atoms with Gasteiger partial charge in [-0.3, -0.25) is 14.6 Å². The quantitative estimate of drug-likeness (QED) is 0.729. The molecule has 2 rings (SSSR count). The summed E-state index contributed by atoms with van der Waals surface area (Å²) in [5.74, 6) is -0.0632. The van der Waals surface area contributed by atoms with Crippen LogP contribution in [0.25, 0.3) is 0 Å². The third kappa shape index (κ3) is 6.88. The molecule has 1 atom stereocenters. The van der Waals surface area contributed by atoms with E-state index in [-0.39, 0.29) is 22.5 Å². The first kappa shape index (κ1) is 20.0. The molecule has 1 aromatic heterocycles. The third-order valence-corrected chi connectivity index (χ3v) is 4.57. The van der Waals surface area contributed by atoms with Crippen LogP contribution in [0, 0.1) is 5.41 Å². The summed E-state index contributed by atoms with van der Waals surface area (Å²) in [6.45, 7) is 7.96. The summed E-state index contributed by atoms with van der Waals surface area (Å²) >= 11 is 1.47. The maximum absolute atomic E-state index is 12.3. The molecule has 2 aromatic rings. The molecular weight excluding hydrogens is 346 g/mol. The Morgan fingerprint density at radius 1 is 1.00 bits per heavy atom. The minimum absolute atomic E-state index is 0.00278. The monoisotopic (exact) mass is 371 g/mol. The topological polar surface area (TPSA) is 71.1 Å². The van der Waals surface area contributed by atoms with E-state index in [1.54, 1.807) is 24.5 Å². The highest BCUT2D eigenvalue weighted by molar-refractivity contribution is 8.00. The number of pyridine rings is 1. The molecule has 0 bridgehead atoms. The molecule has 0 saturated carbocycles. The molecule has 0 aliphatic rings. The third-order valence-electron chi connectivity index (χ3n) is 3.46. The van der Waals surface area contributed by atoms with Crippen molar-refractivity contribution in [1.82, 2.24) is 4.98 Å². The number of benzene rings is 1. The molecule has 1 aromatic carbocycles. The second kappa shape index (κ2) is 8.85. The van der Waals surface area contributed by atoms with Crippen LogP contribution in [-0.2, 0) is 9.59 Å². The van der Waals surface area contributed by atoms with Gasteiger partial charge in [0.05, 0.1) is 5.25 Å². The van der Waals surface area contributed by atoms with E-state index in [4.69, 9.17) is 0 Å². The van der Waals surface area contributed by atoms with E-state index in [1.165, 1.54) is 11.8 Å². The van der Waals surface area contributed by atoms with Crippen molar-refractivity contribution in [2.75, 3.05) is 10.6 Å². The molecule has 0 fully saturated rings. The van der Waals surface area contributed by atoms with Gasteiger partial charge in [0, 0.05) is 35.1 Å². The molecule has 5 nitrogen and oxygen atoms in total. The molecule has 0 saturated heterocycles. The predicted molar refractivity (Wildman–Crippen MR) is 107 cm³/mol. The first-order chi connectivity index (χ1) is 12.2. The van der Waals surface area contributed by atoms with Crippen molar-refractivity contribution in [1.29, 1.82) is 0 Å². The van der Waals surface area contributed by atoms with Gasteiger partial charge in [0.15, 0.2) is 0 Å². The average molecular weight is 372 g/mol. The Hall–Kier alpha value is -2.34. The molecule has 0 radical (unpaired) electrons. The zero-order chi connectivity index (χ0) is 19.2. The summed E-state index contributed by atoms with van der Waals surface area (Å²) in [7, 11) is 0. The summed E-state index contributed by atoms with van der Waals surface area (Å²) < 4.78 is 0. The Morgan fingerprint density at radius 3 is 2.15 bits per heavy atom. The van der Waals surface area contributed by atoms with Gasteiger partial charge in [-0.05, 0) is 48.7 Å². The molecule has 0 aliphatic heterocycles. The SMILES string of the molecule is CC(Sc1ccc(NC(=O)CC(C)(C)C)cc1)C(=O)Nc1ccncc1. The van der Waals surface area contributed by atoms with Crippen LogP contribution in [0.2, 0.25) is 0 Å². The number of amides is 2. The Bertz CT molecular complexity index is 740. The number of rotatable bonds is 6. The fourth-order valence-electron chi connectivity index (χ4n) is 2.24. The second-order valence-corrected chi connectivity index (χ2v) is 8.71. The molecule has 2 N–H and O–H groups in total. The lowest BCUT2D eigenvalue weighted by molar-refractivity contribution is -0.118. The summed E-state index contributed by atoms with van der Waals surface area (Å²) in [6, 6.07) is 11.0. The summed E-state index contributed by atoms with van der Waals surface area (Å²) in [5.41, 5.74) is 1.45. The lowest BCUT2D eigenvalue weighted by Crippen LogP contribution is -2.22. The number of anilines is 2. The van der Waals surface area contributed by atoms with E-state index >= 15 is 0 Å². The highest BCUT2D eigenvalue weighted by Crippen LogP contribution is 2.26. The van der Waals surface area contributed by atoms with Crippen LogP contribution in [0.1, 0.15) is 34.1 Å². The lowest BCUT2D eigenvalue weighted by atomic mass is 9.92. The van der Waals surface area contributed by atoms with Crippen LogP contribution in [0.3, 0.4) is 0 Å². The number of aromatic nitrogens is 1. The van der Waals surface area contributed by atoms with Crippen molar-refractivity contribution in [2.45, 2.75) is 44.3 Å². The normalized spacial score (nSPS) is 12.3. The molecular formula is C20H25N3O2S. The van der Waals surface area contributed by atoms with E-state index in [2.05, 4.69) is 15.6 Å². The maximum Gasteiger partial charge on any atom is 0.237 e. The van der Waals surface area contributed by atoms with Crippen LogP contribution in [-0.4, -0.2) is 22.0 Å². The van der Waals surface area contributed by atoms with Crippen LogP contribution in [0.5, 0.6) is 0 Å². The highest BCUT2D eigenvalue weighted by Gasteiger charge is 2.17. The van der Waals surface area contributed by atoms with E-state index in [0.717, 1.165) is 16.3 Å². The highest BCUT2D eigenvalue weighted by atomic mass is 32.2. The number of nitrogens with zero attached hydrogens (tertiary/aromatic N) is 1. The Morgan fingerprint density at radius 2 is 1.58 bits per heavy atom. The minimum Gasteiger partial charge on any atom is -0.326 e. The number of carbonyl (C=O) groups excluding carboxylic acids is 2. The van der Waals surface area contributed by atoms with Crippen molar-refractivity contribution in [3.8, 4) is 0 Å². The number of nitrogens with one attached hydrogen (secondary N) is 2. The van der Waals surface area contributed by atoms with E-state index in [9.17, 15) is 9.59 Å². The summed E-state index contributed by atoms with van der Waals surface area (Å²) in [4.78, 5) is 29.1. The van der Waals surface area contributed by atoms with Crippen LogP contribution in [0.15, 0.2) is 53.7 Å². The van der Waals surface area contributed by atoms with Crippen molar-refractivity contribution < 1.29 is 9.59 Å². The molecule has 138 valence electrons.